The number of carbonyl (C=O) groups is 1. The molecule has 19 heavy (non-hydrogen) atoms. The zero-order valence-electron chi connectivity index (χ0n) is 10.9. The third-order valence-corrected chi connectivity index (χ3v) is 3.19. The van der Waals surface area contributed by atoms with Gasteiger partial charge in [-0.2, -0.15) is 5.26 Å². The van der Waals surface area contributed by atoms with Crippen molar-refractivity contribution in [2.24, 2.45) is 0 Å². The molecule has 4 nitrogen and oxygen atoms in total. The van der Waals surface area contributed by atoms with Crippen molar-refractivity contribution in [2.75, 3.05) is 13.7 Å². The van der Waals surface area contributed by atoms with E-state index in [1.54, 1.807) is 31.4 Å². The summed E-state index contributed by atoms with van der Waals surface area (Å²) in [6.45, 7) is 0.886. The van der Waals surface area contributed by atoms with Gasteiger partial charge in [-0.05, 0) is 37.1 Å². The summed E-state index contributed by atoms with van der Waals surface area (Å²) < 4.78 is 5.05. The first-order chi connectivity index (χ1) is 9.24. The number of hydrogen-bond acceptors (Lipinski definition) is 4. The van der Waals surface area contributed by atoms with Crippen molar-refractivity contribution in [1.82, 2.24) is 5.32 Å². The van der Waals surface area contributed by atoms with Crippen LogP contribution in [-0.2, 0) is 0 Å². The SMILES string of the molecule is COc1ccc(C(=O)C/C(C#N)=C2/CCCN2)cc1. The van der Waals surface area contributed by atoms with E-state index in [0.29, 0.717) is 16.9 Å². The molecule has 0 amide bonds. The van der Waals surface area contributed by atoms with E-state index in [2.05, 4.69) is 11.4 Å². The van der Waals surface area contributed by atoms with Gasteiger partial charge in [-0.3, -0.25) is 4.79 Å². The molecule has 1 aromatic carbocycles. The molecule has 1 aliphatic rings. The summed E-state index contributed by atoms with van der Waals surface area (Å²) in [6.07, 6.45) is 2.04. The van der Waals surface area contributed by atoms with Gasteiger partial charge < -0.3 is 10.1 Å². The standard InChI is InChI=1S/C15H16N2O2/c1-19-13-6-4-11(5-7-13)15(18)9-12(10-16)14-3-2-8-17-14/h4-7,17H,2-3,8-9H2,1H3/b14-12+. The van der Waals surface area contributed by atoms with Crippen molar-refractivity contribution in [3.63, 3.8) is 0 Å². The minimum Gasteiger partial charge on any atom is -0.497 e. The van der Waals surface area contributed by atoms with Gasteiger partial charge in [0.15, 0.2) is 5.78 Å². The summed E-state index contributed by atoms with van der Waals surface area (Å²) in [4.78, 5) is 12.1. The van der Waals surface area contributed by atoms with Crippen molar-refractivity contribution < 1.29 is 9.53 Å². The highest BCUT2D eigenvalue weighted by atomic mass is 16.5. The van der Waals surface area contributed by atoms with Crippen molar-refractivity contribution in [3.05, 3.63) is 41.1 Å². The Morgan fingerprint density at radius 3 is 2.68 bits per heavy atom. The molecule has 0 atom stereocenters. The number of methoxy groups -OCH3 is 1. The van der Waals surface area contributed by atoms with Crippen LogP contribution in [0.2, 0.25) is 0 Å². The van der Waals surface area contributed by atoms with Crippen molar-refractivity contribution in [3.8, 4) is 11.8 Å². The molecule has 2 rings (SSSR count). The molecular weight excluding hydrogens is 240 g/mol. The second-order valence-electron chi connectivity index (χ2n) is 4.43. The smallest absolute Gasteiger partial charge is 0.168 e. The molecule has 0 radical (unpaired) electrons. The number of nitrogens with one attached hydrogen (secondary N) is 1. The molecule has 1 fully saturated rings. The lowest BCUT2D eigenvalue weighted by atomic mass is 10.0. The van der Waals surface area contributed by atoms with Gasteiger partial charge in [0.2, 0.25) is 0 Å². The second kappa shape index (κ2) is 6.05. The number of nitriles is 1. The van der Waals surface area contributed by atoms with Gasteiger partial charge in [-0.25, -0.2) is 0 Å². The number of allylic oxidation sites excluding steroid dienone is 2. The second-order valence-corrected chi connectivity index (χ2v) is 4.43. The Labute approximate surface area is 112 Å². The van der Waals surface area contributed by atoms with Crippen molar-refractivity contribution >= 4 is 5.78 Å². The molecule has 1 aromatic rings. The lowest BCUT2D eigenvalue weighted by Gasteiger charge is -2.05. The van der Waals surface area contributed by atoms with Crippen LogP contribution in [0, 0.1) is 11.3 Å². The van der Waals surface area contributed by atoms with Crippen molar-refractivity contribution in [1.29, 1.82) is 5.26 Å². The quantitative estimate of drug-likeness (QED) is 0.664. The van der Waals surface area contributed by atoms with E-state index in [0.717, 1.165) is 25.1 Å². The van der Waals surface area contributed by atoms with Gasteiger partial charge in [-0.15, -0.1) is 0 Å². The van der Waals surface area contributed by atoms with Crippen LogP contribution >= 0.6 is 0 Å². The van der Waals surface area contributed by atoms with Gasteiger partial charge in [0.1, 0.15) is 5.75 Å². The molecule has 1 aliphatic heterocycles. The molecule has 1 N–H and O–H groups in total. The van der Waals surface area contributed by atoms with Crippen LogP contribution in [0.1, 0.15) is 29.6 Å². The number of ketones is 1. The van der Waals surface area contributed by atoms with E-state index in [1.807, 2.05) is 0 Å². The highest BCUT2D eigenvalue weighted by Crippen LogP contribution is 2.19. The number of ether oxygens (including phenoxy) is 1. The van der Waals surface area contributed by atoms with E-state index in [9.17, 15) is 4.79 Å². The largest absolute Gasteiger partial charge is 0.497 e. The van der Waals surface area contributed by atoms with Gasteiger partial charge in [0, 0.05) is 24.2 Å². The summed E-state index contributed by atoms with van der Waals surface area (Å²) in [7, 11) is 1.58. The highest BCUT2D eigenvalue weighted by molar-refractivity contribution is 5.98. The number of benzene rings is 1. The Morgan fingerprint density at radius 1 is 1.42 bits per heavy atom. The fraction of sp³-hybridized carbons (Fsp3) is 0.333. The molecule has 98 valence electrons. The third kappa shape index (κ3) is 3.14. The Kier molecular flexibility index (Phi) is 4.19. The van der Waals surface area contributed by atoms with Crippen LogP contribution in [0.15, 0.2) is 35.5 Å². The molecule has 0 aromatic heterocycles. The number of hydrogen-bond donors (Lipinski definition) is 1. The molecule has 0 saturated carbocycles. The van der Waals surface area contributed by atoms with Crippen molar-refractivity contribution in [2.45, 2.75) is 19.3 Å². The summed E-state index contributed by atoms with van der Waals surface area (Å²) >= 11 is 0. The van der Waals surface area contributed by atoms with Crippen LogP contribution in [0.4, 0.5) is 0 Å². The maximum absolute atomic E-state index is 12.1. The van der Waals surface area contributed by atoms with Crippen LogP contribution < -0.4 is 10.1 Å². The van der Waals surface area contributed by atoms with E-state index >= 15 is 0 Å². The van der Waals surface area contributed by atoms with E-state index in [1.165, 1.54) is 0 Å². The Hall–Kier alpha value is -2.28. The maximum Gasteiger partial charge on any atom is 0.168 e. The topological polar surface area (TPSA) is 62.1 Å². The molecule has 0 aliphatic carbocycles. The molecule has 0 spiro atoms. The average Bonchev–Trinajstić information content (AvgIpc) is 2.98. The first-order valence-electron chi connectivity index (χ1n) is 6.28. The molecule has 0 unspecified atom stereocenters. The van der Waals surface area contributed by atoms with E-state index in [-0.39, 0.29) is 12.2 Å². The molecule has 0 bridgehead atoms. The Balaban J connectivity index is 2.11. The molecular formula is C15H16N2O2. The minimum absolute atomic E-state index is 0.0413. The minimum atomic E-state index is -0.0413. The third-order valence-electron chi connectivity index (χ3n) is 3.19. The fourth-order valence-electron chi connectivity index (χ4n) is 2.10. The number of carbonyl (C=O) groups excluding carboxylic acids is 1. The number of Topliss-reactive ketones (excluding diaryl/α,β-unsaturated/α-hetero) is 1. The van der Waals surface area contributed by atoms with Crippen LogP contribution in [0.25, 0.3) is 0 Å². The molecule has 1 saturated heterocycles. The van der Waals surface area contributed by atoms with Gasteiger partial charge >= 0.3 is 0 Å². The summed E-state index contributed by atoms with van der Waals surface area (Å²) in [6, 6.07) is 9.09. The first-order valence-corrected chi connectivity index (χ1v) is 6.28. The van der Waals surface area contributed by atoms with Gasteiger partial charge in [0.25, 0.3) is 0 Å². The molecule has 1 heterocycles. The summed E-state index contributed by atoms with van der Waals surface area (Å²) in [5.74, 6) is 0.674. The van der Waals surface area contributed by atoms with E-state index < -0.39 is 0 Å². The normalized spacial score (nSPS) is 16.4. The van der Waals surface area contributed by atoms with E-state index in [4.69, 9.17) is 10.00 Å². The lowest BCUT2D eigenvalue weighted by Crippen LogP contribution is -2.09. The monoisotopic (exact) mass is 256 g/mol. The van der Waals surface area contributed by atoms with Gasteiger partial charge in [-0.1, -0.05) is 0 Å². The van der Waals surface area contributed by atoms with Crippen LogP contribution in [0.3, 0.4) is 0 Å². The zero-order valence-corrected chi connectivity index (χ0v) is 10.9. The molecule has 4 heteroatoms. The van der Waals surface area contributed by atoms with Crippen LogP contribution in [0.5, 0.6) is 5.75 Å². The number of rotatable bonds is 4. The predicted molar refractivity (Wildman–Crippen MR) is 71.8 cm³/mol. The maximum atomic E-state index is 12.1. The fourth-order valence-corrected chi connectivity index (χ4v) is 2.10. The summed E-state index contributed by atoms with van der Waals surface area (Å²) in [5, 5.41) is 12.3. The number of nitrogens with zero attached hydrogens (tertiary/aromatic N) is 1. The highest BCUT2D eigenvalue weighted by Gasteiger charge is 2.15. The lowest BCUT2D eigenvalue weighted by molar-refractivity contribution is 0.0993. The Morgan fingerprint density at radius 2 is 2.16 bits per heavy atom. The predicted octanol–water partition coefficient (Wildman–Crippen LogP) is 2.43. The first kappa shape index (κ1) is 13.2. The zero-order chi connectivity index (χ0) is 13.7. The Bertz CT molecular complexity index is 530. The average molecular weight is 256 g/mol. The van der Waals surface area contributed by atoms with Crippen LogP contribution in [-0.4, -0.2) is 19.4 Å². The van der Waals surface area contributed by atoms with Gasteiger partial charge in [0.05, 0.1) is 18.8 Å². The summed E-state index contributed by atoms with van der Waals surface area (Å²) in [5.41, 5.74) is 2.08.